The fourth-order valence-corrected chi connectivity index (χ4v) is 3.62. The first-order valence-electron chi connectivity index (χ1n) is 9.00. The van der Waals surface area contributed by atoms with E-state index in [4.69, 9.17) is 0 Å². The fraction of sp³-hybridized carbons (Fsp3) is 0.350. The average molecular weight is 474 g/mol. The Labute approximate surface area is 174 Å². The normalized spacial score (nSPS) is 17.7. The second-order valence-electron chi connectivity index (χ2n) is 7.05. The summed E-state index contributed by atoms with van der Waals surface area (Å²) in [4.78, 5) is 16.8. The fourth-order valence-electron chi connectivity index (χ4n) is 3.28. The summed E-state index contributed by atoms with van der Waals surface area (Å²) in [6.07, 6.45) is -3.01. The van der Waals surface area contributed by atoms with Gasteiger partial charge in [-0.3, -0.25) is 4.79 Å². The van der Waals surface area contributed by atoms with Crippen molar-refractivity contribution in [1.82, 2.24) is 4.90 Å². The third-order valence-electron chi connectivity index (χ3n) is 5.08. The average Bonchev–Trinajstić information content (AvgIpc) is 2.66. The van der Waals surface area contributed by atoms with E-state index in [2.05, 4.69) is 26.1 Å². The van der Waals surface area contributed by atoms with Crippen molar-refractivity contribution in [2.75, 3.05) is 36.9 Å². The molecule has 0 aliphatic carbocycles. The van der Waals surface area contributed by atoms with Crippen LogP contribution in [0.15, 0.2) is 34.8 Å². The lowest BCUT2D eigenvalue weighted by Crippen LogP contribution is -2.50. The molecule has 1 unspecified atom stereocenters. The van der Waals surface area contributed by atoms with Crippen molar-refractivity contribution in [3.05, 3.63) is 57.6 Å². The number of amides is 1. The summed E-state index contributed by atoms with van der Waals surface area (Å²) in [6, 6.07) is 5.52. The van der Waals surface area contributed by atoms with E-state index in [9.17, 15) is 22.4 Å². The SMILES string of the molecule is CC1CN(c2cc(F)c(Br)cc2NC(=O)c2ccc(F)cc2C(F)F)CCN1C. The maximum absolute atomic E-state index is 14.2. The summed E-state index contributed by atoms with van der Waals surface area (Å²) < 4.78 is 54.2. The minimum atomic E-state index is -3.01. The number of anilines is 2. The number of halogens is 5. The Hall–Kier alpha value is -2.13. The van der Waals surface area contributed by atoms with Crippen LogP contribution in [0.1, 0.15) is 29.3 Å². The Balaban J connectivity index is 1.95. The maximum atomic E-state index is 14.2. The standard InChI is InChI=1S/C20H20BrF4N3O/c1-11-10-28(6-5-27(11)2)18-9-16(23)15(21)8-17(18)26-20(29)13-4-3-12(22)7-14(13)19(24)25/h3-4,7-9,11,19H,5-6,10H2,1-2H3,(H,26,29). The maximum Gasteiger partial charge on any atom is 0.264 e. The Kier molecular flexibility index (Phi) is 6.48. The van der Waals surface area contributed by atoms with E-state index >= 15 is 0 Å². The predicted octanol–water partition coefficient (Wildman–Crippen LogP) is 5.06. The lowest BCUT2D eigenvalue weighted by molar-refractivity contribution is 0.101. The van der Waals surface area contributed by atoms with Crippen molar-refractivity contribution in [3.63, 3.8) is 0 Å². The molecule has 3 rings (SSSR count). The molecule has 0 radical (unpaired) electrons. The number of carbonyl (C=O) groups excluding carboxylic acids is 1. The summed E-state index contributed by atoms with van der Waals surface area (Å²) in [5.41, 5.74) is -0.290. The molecule has 9 heteroatoms. The van der Waals surface area contributed by atoms with Crippen LogP contribution in [0.25, 0.3) is 0 Å². The van der Waals surface area contributed by atoms with E-state index in [-0.39, 0.29) is 21.8 Å². The quantitative estimate of drug-likeness (QED) is 0.630. The number of piperazine rings is 1. The Bertz CT molecular complexity index is 925. The molecule has 1 saturated heterocycles. The number of nitrogens with zero attached hydrogens (tertiary/aromatic N) is 2. The Morgan fingerprint density at radius 1 is 1.21 bits per heavy atom. The Morgan fingerprint density at radius 2 is 1.93 bits per heavy atom. The number of rotatable bonds is 4. The highest BCUT2D eigenvalue weighted by Crippen LogP contribution is 2.34. The summed E-state index contributed by atoms with van der Waals surface area (Å²) in [5, 5.41) is 2.59. The monoisotopic (exact) mass is 473 g/mol. The van der Waals surface area contributed by atoms with Gasteiger partial charge in [-0.1, -0.05) is 0 Å². The van der Waals surface area contributed by atoms with Gasteiger partial charge in [-0.05, 0) is 54.2 Å². The van der Waals surface area contributed by atoms with Gasteiger partial charge in [0, 0.05) is 42.9 Å². The highest BCUT2D eigenvalue weighted by molar-refractivity contribution is 9.10. The molecular formula is C20H20BrF4N3O. The number of alkyl halides is 2. The number of carbonyl (C=O) groups is 1. The topological polar surface area (TPSA) is 35.6 Å². The number of nitrogens with one attached hydrogen (secondary N) is 1. The first-order chi connectivity index (χ1) is 13.7. The first kappa shape index (κ1) is 21.6. The molecule has 1 atom stereocenters. The van der Waals surface area contributed by atoms with Gasteiger partial charge in [-0.2, -0.15) is 0 Å². The molecule has 1 amide bonds. The van der Waals surface area contributed by atoms with E-state index in [0.29, 0.717) is 24.8 Å². The molecule has 1 N–H and O–H groups in total. The molecule has 156 valence electrons. The second kappa shape index (κ2) is 8.71. The number of hydrogen-bond donors (Lipinski definition) is 1. The van der Waals surface area contributed by atoms with Gasteiger partial charge >= 0.3 is 0 Å². The zero-order chi connectivity index (χ0) is 21.3. The van der Waals surface area contributed by atoms with Crippen LogP contribution in [0, 0.1) is 11.6 Å². The van der Waals surface area contributed by atoms with Gasteiger partial charge < -0.3 is 15.1 Å². The van der Waals surface area contributed by atoms with E-state index in [0.717, 1.165) is 18.7 Å². The van der Waals surface area contributed by atoms with E-state index in [1.54, 1.807) is 0 Å². The van der Waals surface area contributed by atoms with Crippen LogP contribution in [-0.2, 0) is 0 Å². The van der Waals surface area contributed by atoms with Crippen LogP contribution in [0.4, 0.5) is 28.9 Å². The minimum Gasteiger partial charge on any atom is -0.367 e. The molecule has 2 aromatic carbocycles. The van der Waals surface area contributed by atoms with Gasteiger partial charge in [-0.25, -0.2) is 17.6 Å². The van der Waals surface area contributed by atoms with Gasteiger partial charge in [0.1, 0.15) is 11.6 Å². The molecule has 1 aliphatic heterocycles. The largest absolute Gasteiger partial charge is 0.367 e. The van der Waals surface area contributed by atoms with E-state index in [1.165, 1.54) is 12.1 Å². The molecule has 0 spiro atoms. The zero-order valence-electron chi connectivity index (χ0n) is 15.9. The van der Waals surface area contributed by atoms with Crippen molar-refractivity contribution in [3.8, 4) is 0 Å². The lowest BCUT2D eigenvalue weighted by Gasteiger charge is -2.39. The van der Waals surface area contributed by atoms with Gasteiger partial charge in [0.15, 0.2) is 0 Å². The summed E-state index contributed by atoms with van der Waals surface area (Å²) in [6.45, 7) is 4.01. The third kappa shape index (κ3) is 4.72. The molecule has 0 saturated carbocycles. The molecule has 1 heterocycles. The highest BCUT2D eigenvalue weighted by atomic mass is 79.9. The van der Waals surface area contributed by atoms with Crippen LogP contribution in [0.3, 0.4) is 0 Å². The minimum absolute atomic E-state index is 0.131. The highest BCUT2D eigenvalue weighted by Gasteiger charge is 2.25. The van der Waals surface area contributed by atoms with E-state index in [1.807, 2.05) is 18.9 Å². The van der Waals surface area contributed by atoms with Gasteiger partial charge in [0.2, 0.25) is 0 Å². The molecule has 1 aliphatic rings. The molecule has 1 fully saturated rings. The van der Waals surface area contributed by atoms with Crippen molar-refractivity contribution in [2.24, 2.45) is 0 Å². The van der Waals surface area contributed by atoms with Crippen LogP contribution < -0.4 is 10.2 Å². The predicted molar refractivity (Wildman–Crippen MR) is 108 cm³/mol. The van der Waals surface area contributed by atoms with Crippen LogP contribution in [-0.4, -0.2) is 43.5 Å². The molecule has 0 aromatic heterocycles. The lowest BCUT2D eigenvalue weighted by atomic mass is 10.1. The number of benzene rings is 2. The summed E-state index contributed by atoms with van der Waals surface area (Å²) >= 11 is 3.10. The van der Waals surface area contributed by atoms with Crippen molar-refractivity contribution >= 4 is 33.2 Å². The molecule has 0 bridgehead atoms. The van der Waals surface area contributed by atoms with Gasteiger partial charge in [0.25, 0.3) is 12.3 Å². The van der Waals surface area contributed by atoms with Crippen LogP contribution >= 0.6 is 15.9 Å². The van der Waals surface area contributed by atoms with Crippen molar-refractivity contribution in [1.29, 1.82) is 0 Å². The molecular weight excluding hydrogens is 454 g/mol. The first-order valence-corrected chi connectivity index (χ1v) is 9.80. The number of hydrogen-bond acceptors (Lipinski definition) is 3. The van der Waals surface area contributed by atoms with Gasteiger partial charge in [-0.15, -0.1) is 0 Å². The molecule has 4 nitrogen and oxygen atoms in total. The third-order valence-corrected chi connectivity index (χ3v) is 5.69. The Morgan fingerprint density at radius 3 is 2.59 bits per heavy atom. The number of likely N-dealkylation sites (N-methyl/N-ethyl adjacent to an activating group) is 1. The zero-order valence-corrected chi connectivity index (χ0v) is 17.4. The van der Waals surface area contributed by atoms with Crippen LogP contribution in [0.5, 0.6) is 0 Å². The van der Waals surface area contributed by atoms with Gasteiger partial charge in [0.05, 0.1) is 15.8 Å². The van der Waals surface area contributed by atoms with Crippen LogP contribution in [0.2, 0.25) is 0 Å². The summed E-state index contributed by atoms with van der Waals surface area (Å²) in [7, 11) is 1.99. The molecule has 29 heavy (non-hydrogen) atoms. The van der Waals surface area contributed by atoms with E-state index < -0.39 is 29.5 Å². The summed E-state index contributed by atoms with van der Waals surface area (Å²) in [5.74, 6) is -2.17. The molecule has 2 aromatic rings. The second-order valence-corrected chi connectivity index (χ2v) is 7.90. The smallest absolute Gasteiger partial charge is 0.264 e. The van der Waals surface area contributed by atoms with Crippen molar-refractivity contribution < 1.29 is 22.4 Å². The van der Waals surface area contributed by atoms with Crippen molar-refractivity contribution in [2.45, 2.75) is 19.4 Å².